The number of likely N-dealkylation sites (tertiary alicyclic amines) is 1. The lowest BCUT2D eigenvalue weighted by atomic mass is 9.95. The fourth-order valence-corrected chi connectivity index (χ4v) is 2.94. The van der Waals surface area contributed by atoms with Gasteiger partial charge >= 0.3 is 0 Å². The predicted molar refractivity (Wildman–Crippen MR) is 76.5 cm³/mol. The summed E-state index contributed by atoms with van der Waals surface area (Å²) in [4.78, 5) is 30.4. The van der Waals surface area contributed by atoms with Crippen LogP contribution in [0, 0.1) is 0 Å². The van der Waals surface area contributed by atoms with Crippen molar-refractivity contribution in [1.29, 1.82) is 0 Å². The Balaban J connectivity index is 2.08. The number of methoxy groups -OCH3 is 1. The highest BCUT2D eigenvalue weighted by atomic mass is 16.5. The molecule has 7 heteroatoms. The minimum Gasteiger partial charge on any atom is -0.382 e. The number of ether oxygens (including phenoxy) is 1. The molecular formula is C14H22N4O3. The highest BCUT2D eigenvalue weighted by Crippen LogP contribution is 2.30. The second-order valence-electron chi connectivity index (χ2n) is 5.24. The first-order chi connectivity index (χ1) is 10.1. The Morgan fingerprint density at radius 2 is 2.29 bits per heavy atom. The molecule has 0 radical (unpaired) electrons. The Kier molecular flexibility index (Phi) is 4.95. The maximum atomic E-state index is 12.5. The number of amides is 2. The molecule has 116 valence electrons. The van der Waals surface area contributed by atoms with E-state index >= 15 is 0 Å². The Labute approximate surface area is 124 Å². The molecule has 1 N–H and O–H groups in total. The molecule has 2 rings (SSSR count). The second-order valence-corrected chi connectivity index (χ2v) is 5.24. The predicted octanol–water partition coefficient (Wildman–Crippen LogP) is 0.0268. The fraction of sp³-hybridized carbons (Fsp3) is 0.643. The third kappa shape index (κ3) is 3.07. The van der Waals surface area contributed by atoms with Gasteiger partial charge in [0.25, 0.3) is 0 Å². The molecule has 0 aromatic carbocycles. The number of imidazole rings is 1. The molecule has 7 nitrogen and oxygen atoms in total. The number of hydrogen-bond acceptors (Lipinski definition) is 4. The van der Waals surface area contributed by atoms with E-state index < -0.39 is 5.54 Å². The standard InChI is InChI=1S/C14H22N4O3/c1-15-13(20)14(10-21-2)5-3-7-18(14)12(19)4-8-17-9-6-16-11-17/h6,9,11H,3-5,7-8,10H2,1-2H3,(H,15,20). The summed E-state index contributed by atoms with van der Waals surface area (Å²) in [5.41, 5.74) is -0.866. The summed E-state index contributed by atoms with van der Waals surface area (Å²) < 4.78 is 7.07. The molecule has 1 aliphatic heterocycles. The van der Waals surface area contributed by atoms with Crippen LogP contribution >= 0.6 is 0 Å². The summed E-state index contributed by atoms with van der Waals surface area (Å²) in [5.74, 6) is -0.181. The molecule has 0 bridgehead atoms. The minimum absolute atomic E-state index is 0.0261. The zero-order valence-electron chi connectivity index (χ0n) is 12.5. The third-order valence-corrected chi connectivity index (χ3v) is 3.97. The molecule has 1 unspecified atom stereocenters. The van der Waals surface area contributed by atoms with E-state index in [1.165, 1.54) is 0 Å². The number of hydrogen-bond donors (Lipinski definition) is 1. The molecule has 1 fully saturated rings. The van der Waals surface area contributed by atoms with Crippen LogP contribution in [0.1, 0.15) is 19.3 Å². The number of carbonyl (C=O) groups excluding carboxylic acids is 2. The molecule has 1 aliphatic rings. The molecule has 21 heavy (non-hydrogen) atoms. The fourth-order valence-electron chi connectivity index (χ4n) is 2.94. The normalized spacial score (nSPS) is 21.5. The maximum absolute atomic E-state index is 12.5. The van der Waals surface area contributed by atoms with Crippen molar-refractivity contribution in [3.05, 3.63) is 18.7 Å². The van der Waals surface area contributed by atoms with Gasteiger partial charge in [0.15, 0.2) is 0 Å². The van der Waals surface area contributed by atoms with Gasteiger partial charge in [-0.1, -0.05) is 0 Å². The first kappa shape index (κ1) is 15.5. The average Bonchev–Trinajstić information content (AvgIpc) is 3.14. The maximum Gasteiger partial charge on any atom is 0.248 e. The largest absolute Gasteiger partial charge is 0.382 e. The van der Waals surface area contributed by atoms with Crippen LogP contribution in [0.4, 0.5) is 0 Å². The van der Waals surface area contributed by atoms with Gasteiger partial charge in [-0.05, 0) is 12.8 Å². The van der Waals surface area contributed by atoms with E-state index in [0.29, 0.717) is 25.9 Å². The van der Waals surface area contributed by atoms with Crippen molar-refractivity contribution in [2.75, 3.05) is 27.3 Å². The summed E-state index contributed by atoms with van der Waals surface area (Å²) in [6.45, 7) is 1.38. The number of nitrogens with one attached hydrogen (secondary N) is 1. The molecule has 1 aromatic heterocycles. The van der Waals surface area contributed by atoms with Crippen LogP contribution in [-0.2, 0) is 20.9 Å². The van der Waals surface area contributed by atoms with Gasteiger partial charge in [-0.2, -0.15) is 0 Å². The molecular weight excluding hydrogens is 272 g/mol. The van der Waals surface area contributed by atoms with E-state index in [2.05, 4.69) is 10.3 Å². The van der Waals surface area contributed by atoms with E-state index in [1.807, 2.05) is 10.8 Å². The smallest absolute Gasteiger partial charge is 0.248 e. The summed E-state index contributed by atoms with van der Waals surface area (Å²) in [6.07, 6.45) is 6.97. The van der Waals surface area contributed by atoms with E-state index in [1.54, 1.807) is 31.6 Å². The van der Waals surface area contributed by atoms with E-state index in [0.717, 1.165) is 6.42 Å². The Morgan fingerprint density at radius 3 is 2.90 bits per heavy atom. The molecule has 0 aliphatic carbocycles. The topological polar surface area (TPSA) is 76.5 Å². The molecule has 0 saturated carbocycles. The lowest BCUT2D eigenvalue weighted by molar-refractivity contribution is -0.148. The summed E-state index contributed by atoms with van der Waals surface area (Å²) in [6, 6.07) is 0. The van der Waals surface area contributed by atoms with Gasteiger partial charge in [-0.3, -0.25) is 9.59 Å². The number of nitrogens with zero attached hydrogens (tertiary/aromatic N) is 3. The van der Waals surface area contributed by atoms with E-state index in [9.17, 15) is 9.59 Å². The van der Waals surface area contributed by atoms with Crippen molar-refractivity contribution >= 4 is 11.8 Å². The first-order valence-corrected chi connectivity index (χ1v) is 7.11. The average molecular weight is 294 g/mol. The van der Waals surface area contributed by atoms with Crippen LogP contribution in [0.3, 0.4) is 0 Å². The van der Waals surface area contributed by atoms with Gasteiger partial charge < -0.3 is 19.5 Å². The molecule has 1 aromatic rings. The first-order valence-electron chi connectivity index (χ1n) is 7.11. The molecule has 1 atom stereocenters. The third-order valence-electron chi connectivity index (χ3n) is 3.97. The highest BCUT2D eigenvalue weighted by molar-refractivity contribution is 5.92. The Morgan fingerprint density at radius 1 is 1.48 bits per heavy atom. The van der Waals surface area contributed by atoms with Crippen molar-refractivity contribution in [2.24, 2.45) is 0 Å². The quantitative estimate of drug-likeness (QED) is 0.803. The lowest BCUT2D eigenvalue weighted by Gasteiger charge is -2.36. The van der Waals surface area contributed by atoms with Gasteiger partial charge in [0.05, 0.1) is 12.9 Å². The van der Waals surface area contributed by atoms with Crippen LogP contribution in [0.15, 0.2) is 18.7 Å². The van der Waals surface area contributed by atoms with Gasteiger partial charge in [-0.25, -0.2) is 4.98 Å². The summed E-state index contributed by atoms with van der Waals surface area (Å²) >= 11 is 0. The van der Waals surface area contributed by atoms with Crippen LogP contribution in [-0.4, -0.2) is 59.1 Å². The number of aryl methyl sites for hydroxylation is 1. The van der Waals surface area contributed by atoms with Gasteiger partial charge in [-0.15, -0.1) is 0 Å². The van der Waals surface area contributed by atoms with E-state index in [4.69, 9.17) is 4.74 Å². The lowest BCUT2D eigenvalue weighted by Crippen LogP contribution is -2.59. The van der Waals surface area contributed by atoms with Crippen molar-refractivity contribution in [2.45, 2.75) is 31.3 Å². The van der Waals surface area contributed by atoms with Crippen LogP contribution in [0.25, 0.3) is 0 Å². The number of rotatable bonds is 6. The molecule has 2 heterocycles. The van der Waals surface area contributed by atoms with Gasteiger partial charge in [0.1, 0.15) is 5.54 Å². The summed E-state index contributed by atoms with van der Waals surface area (Å²) in [7, 11) is 3.14. The van der Waals surface area contributed by atoms with Crippen molar-refractivity contribution in [3.63, 3.8) is 0 Å². The summed E-state index contributed by atoms with van der Waals surface area (Å²) in [5, 5.41) is 2.66. The molecule has 1 saturated heterocycles. The van der Waals surface area contributed by atoms with Gasteiger partial charge in [0, 0.05) is 46.1 Å². The minimum atomic E-state index is -0.866. The van der Waals surface area contributed by atoms with Gasteiger partial charge in [0.2, 0.25) is 11.8 Å². The van der Waals surface area contributed by atoms with Crippen LogP contribution in [0.5, 0.6) is 0 Å². The molecule has 2 amide bonds. The SMILES string of the molecule is CNC(=O)C1(COC)CCCN1C(=O)CCn1ccnc1. The Bertz CT molecular complexity index is 488. The van der Waals surface area contributed by atoms with Crippen LogP contribution in [0.2, 0.25) is 0 Å². The second kappa shape index (κ2) is 6.71. The zero-order valence-corrected chi connectivity index (χ0v) is 12.5. The van der Waals surface area contributed by atoms with Crippen molar-refractivity contribution < 1.29 is 14.3 Å². The zero-order chi connectivity index (χ0) is 15.3. The van der Waals surface area contributed by atoms with E-state index in [-0.39, 0.29) is 18.4 Å². The van der Waals surface area contributed by atoms with Crippen molar-refractivity contribution in [3.8, 4) is 0 Å². The number of carbonyl (C=O) groups is 2. The number of likely N-dealkylation sites (N-methyl/N-ethyl adjacent to an activating group) is 1. The monoisotopic (exact) mass is 294 g/mol. The number of aromatic nitrogens is 2. The van der Waals surface area contributed by atoms with Crippen molar-refractivity contribution in [1.82, 2.24) is 19.8 Å². The highest BCUT2D eigenvalue weighted by Gasteiger charge is 2.49. The Hall–Kier alpha value is -1.89. The molecule has 0 spiro atoms. The van der Waals surface area contributed by atoms with Crippen LogP contribution < -0.4 is 5.32 Å².